The first-order chi connectivity index (χ1) is 23.8. The lowest BCUT2D eigenvalue weighted by atomic mass is 10.0. The Morgan fingerprint density at radius 3 is 1.98 bits per heavy atom. The predicted molar refractivity (Wildman–Crippen MR) is 198 cm³/mol. The summed E-state index contributed by atoms with van der Waals surface area (Å²) < 4.78 is 4.75. The van der Waals surface area contributed by atoms with Crippen LogP contribution in [-0.4, -0.2) is 18.9 Å². The fourth-order valence-electron chi connectivity index (χ4n) is 8.04. The van der Waals surface area contributed by atoms with Crippen LogP contribution in [0.4, 0.5) is 5.69 Å². The van der Waals surface area contributed by atoms with Gasteiger partial charge in [0.15, 0.2) is 5.69 Å². The molecule has 7 aromatic carbocycles. The van der Waals surface area contributed by atoms with Crippen LogP contribution in [0.15, 0.2) is 140 Å². The molecule has 0 spiro atoms. The SMILES string of the molecule is [C-]#[N+]c1ccc(-c2nc(-n3c4c5ccccc5ccc4c4cc5c6ccccc6n6c7ccccc7c(c43)c56)nc3ccccc23)cc1. The van der Waals surface area contributed by atoms with Crippen molar-refractivity contribution < 1.29 is 0 Å². The molecule has 4 aromatic heterocycles. The minimum atomic E-state index is 0.604. The third-order valence-corrected chi connectivity index (χ3v) is 10.0. The highest BCUT2D eigenvalue weighted by Crippen LogP contribution is 2.47. The number of hydrogen-bond donors (Lipinski definition) is 0. The van der Waals surface area contributed by atoms with Gasteiger partial charge in [-0.25, -0.2) is 14.8 Å². The first-order valence-electron chi connectivity index (χ1n) is 16.1. The van der Waals surface area contributed by atoms with Crippen molar-refractivity contribution >= 4 is 87.3 Å². The molecular formula is C43H23N5. The van der Waals surface area contributed by atoms with Crippen molar-refractivity contribution in [1.82, 2.24) is 18.9 Å². The van der Waals surface area contributed by atoms with Gasteiger partial charge in [0.05, 0.1) is 45.4 Å². The average molecular weight is 610 g/mol. The largest absolute Gasteiger partial charge is 0.308 e. The summed E-state index contributed by atoms with van der Waals surface area (Å²) in [5.74, 6) is 0.622. The van der Waals surface area contributed by atoms with Gasteiger partial charge in [-0.1, -0.05) is 115 Å². The zero-order valence-electron chi connectivity index (χ0n) is 25.5. The Morgan fingerprint density at radius 1 is 0.500 bits per heavy atom. The van der Waals surface area contributed by atoms with Crippen molar-refractivity contribution in [2.75, 3.05) is 0 Å². The summed E-state index contributed by atoms with van der Waals surface area (Å²) in [6.07, 6.45) is 0. The van der Waals surface area contributed by atoms with Crippen molar-refractivity contribution in [2.24, 2.45) is 0 Å². The molecule has 11 rings (SSSR count). The molecule has 11 aromatic rings. The van der Waals surface area contributed by atoms with E-state index in [4.69, 9.17) is 16.5 Å². The second-order valence-corrected chi connectivity index (χ2v) is 12.5. The van der Waals surface area contributed by atoms with E-state index < -0.39 is 0 Å². The van der Waals surface area contributed by atoms with Crippen molar-refractivity contribution in [3.8, 4) is 17.2 Å². The van der Waals surface area contributed by atoms with Crippen LogP contribution in [0.1, 0.15) is 0 Å². The zero-order chi connectivity index (χ0) is 31.5. The maximum atomic E-state index is 7.48. The molecule has 0 saturated carbocycles. The van der Waals surface area contributed by atoms with Gasteiger partial charge in [-0.15, -0.1) is 0 Å². The topological polar surface area (TPSA) is 39.5 Å². The van der Waals surface area contributed by atoms with E-state index in [-0.39, 0.29) is 0 Å². The predicted octanol–water partition coefficient (Wildman–Crippen LogP) is 11.2. The van der Waals surface area contributed by atoms with Crippen LogP contribution >= 0.6 is 0 Å². The molecule has 5 nitrogen and oxygen atoms in total. The van der Waals surface area contributed by atoms with Crippen LogP contribution in [-0.2, 0) is 0 Å². The number of benzene rings is 7. The van der Waals surface area contributed by atoms with E-state index in [0.717, 1.165) is 38.6 Å². The monoisotopic (exact) mass is 609 g/mol. The Hall–Kier alpha value is -6.77. The summed E-state index contributed by atoms with van der Waals surface area (Å²) >= 11 is 0. The molecule has 0 amide bonds. The lowest BCUT2D eigenvalue weighted by Gasteiger charge is -2.13. The summed E-state index contributed by atoms with van der Waals surface area (Å²) in [5.41, 5.74) is 9.08. The first kappa shape index (κ1) is 25.4. The van der Waals surface area contributed by atoms with Gasteiger partial charge in [-0.2, -0.15) is 0 Å². The fraction of sp³-hybridized carbons (Fsp3) is 0. The van der Waals surface area contributed by atoms with Gasteiger partial charge < -0.3 is 4.40 Å². The van der Waals surface area contributed by atoms with Crippen LogP contribution in [0, 0.1) is 6.57 Å². The molecule has 220 valence electrons. The van der Waals surface area contributed by atoms with Crippen LogP contribution in [0.5, 0.6) is 0 Å². The molecule has 0 N–H and O–H groups in total. The molecule has 0 unspecified atom stereocenters. The molecule has 0 radical (unpaired) electrons. The second-order valence-electron chi connectivity index (χ2n) is 12.5. The van der Waals surface area contributed by atoms with Gasteiger partial charge in [-0.3, -0.25) is 4.57 Å². The average Bonchev–Trinajstić information content (AvgIpc) is 3.79. The first-order valence-corrected chi connectivity index (χ1v) is 16.1. The zero-order valence-corrected chi connectivity index (χ0v) is 25.5. The third kappa shape index (κ3) is 3.18. The Balaban J connectivity index is 1.40. The molecule has 0 aliphatic rings. The molecule has 0 aliphatic heterocycles. The molecule has 0 saturated heterocycles. The molecule has 48 heavy (non-hydrogen) atoms. The van der Waals surface area contributed by atoms with E-state index in [1.54, 1.807) is 0 Å². The Labute approximate surface area is 273 Å². The highest BCUT2D eigenvalue weighted by molar-refractivity contribution is 6.35. The highest BCUT2D eigenvalue weighted by Gasteiger charge is 2.26. The van der Waals surface area contributed by atoms with Crippen molar-refractivity contribution in [3.05, 3.63) is 151 Å². The highest BCUT2D eigenvalue weighted by atomic mass is 15.2. The van der Waals surface area contributed by atoms with Crippen molar-refractivity contribution in [3.63, 3.8) is 0 Å². The third-order valence-electron chi connectivity index (χ3n) is 10.0. The maximum absolute atomic E-state index is 7.48. The van der Waals surface area contributed by atoms with E-state index in [0.29, 0.717) is 11.6 Å². The minimum absolute atomic E-state index is 0.604. The van der Waals surface area contributed by atoms with E-state index in [9.17, 15) is 0 Å². The molecule has 0 atom stereocenters. The molecule has 0 bridgehead atoms. The van der Waals surface area contributed by atoms with E-state index >= 15 is 0 Å². The molecular weight excluding hydrogens is 587 g/mol. The van der Waals surface area contributed by atoms with Crippen LogP contribution in [0.25, 0.3) is 104 Å². The maximum Gasteiger partial charge on any atom is 0.235 e. The summed E-state index contributed by atoms with van der Waals surface area (Å²) in [4.78, 5) is 14.3. The van der Waals surface area contributed by atoms with Crippen LogP contribution in [0.2, 0.25) is 0 Å². The molecule has 5 heteroatoms. The standard InChI is InChI=1S/C43H23N5/c1-44-27-21-18-26(19-22-27)39-31-13-4-7-15-35(31)45-43(46-39)48-40-28-11-3-2-10-25(28)20-23-30(40)34-24-33-29-12-5-8-16-36(29)47-37-17-9-6-14-32(37)38(41(33)47)42(34)48/h2-24H. The van der Waals surface area contributed by atoms with E-state index in [1.165, 1.54) is 54.3 Å². The number of para-hydroxylation sites is 3. The summed E-state index contributed by atoms with van der Waals surface area (Å²) in [5, 5.41) is 10.5. The Morgan fingerprint density at radius 2 is 1.17 bits per heavy atom. The van der Waals surface area contributed by atoms with Crippen LogP contribution < -0.4 is 0 Å². The lowest BCUT2D eigenvalue weighted by Crippen LogP contribution is -2.04. The molecule has 4 heterocycles. The van der Waals surface area contributed by atoms with Gasteiger partial charge >= 0.3 is 0 Å². The lowest BCUT2D eigenvalue weighted by molar-refractivity contribution is 1.02. The fourth-order valence-corrected chi connectivity index (χ4v) is 8.04. The van der Waals surface area contributed by atoms with Crippen LogP contribution in [0.3, 0.4) is 0 Å². The van der Waals surface area contributed by atoms with E-state index in [1.807, 2.05) is 36.4 Å². The summed E-state index contributed by atoms with van der Waals surface area (Å²) in [6, 6.07) is 48.9. The number of rotatable bonds is 2. The Bertz CT molecular complexity index is 3170. The van der Waals surface area contributed by atoms with Crippen molar-refractivity contribution in [1.29, 1.82) is 0 Å². The summed E-state index contributed by atoms with van der Waals surface area (Å²) in [6.45, 7) is 7.48. The van der Waals surface area contributed by atoms with Gasteiger partial charge in [0.2, 0.25) is 5.95 Å². The number of aromatic nitrogens is 4. The summed E-state index contributed by atoms with van der Waals surface area (Å²) in [7, 11) is 0. The molecule has 0 fully saturated rings. The minimum Gasteiger partial charge on any atom is -0.308 e. The number of hydrogen-bond acceptors (Lipinski definition) is 2. The van der Waals surface area contributed by atoms with Crippen molar-refractivity contribution in [2.45, 2.75) is 0 Å². The quantitative estimate of drug-likeness (QED) is 0.183. The normalized spacial score (nSPS) is 12.1. The Kier molecular flexibility index (Phi) is 4.85. The van der Waals surface area contributed by atoms with Gasteiger partial charge in [0.25, 0.3) is 0 Å². The molecule has 0 aliphatic carbocycles. The number of nitrogens with zero attached hydrogens (tertiary/aromatic N) is 5. The van der Waals surface area contributed by atoms with Gasteiger partial charge in [0, 0.05) is 43.1 Å². The second kappa shape index (κ2) is 9.16. The van der Waals surface area contributed by atoms with Gasteiger partial charge in [0.1, 0.15) is 0 Å². The number of fused-ring (bicyclic) bond motifs is 13. The van der Waals surface area contributed by atoms with E-state index in [2.05, 4.69) is 117 Å². The van der Waals surface area contributed by atoms with Gasteiger partial charge in [-0.05, 0) is 35.2 Å². The smallest absolute Gasteiger partial charge is 0.235 e.